The Morgan fingerprint density at radius 1 is 1.09 bits per heavy atom. The Bertz CT molecular complexity index is 561. The molecule has 1 fully saturated rings. The molecule has 4 nitrogen and oxygen atoms in total. The summed E-state index contributed by atoms with van der Waals surface area (Å²) < 4.78 is 12.1. The van der Waals surface area contributed by atoms with Crippen LogP contribution in [0.5, 0.6) is 0 Å². The van der Waals surface area contributed by atoms with Crippen LogP contribution in [-0.2, 0) is 9.31 Å². The molecule has 0 unspecified atom stereocenters. The number of rotatable bonds is 4. The van der Waals surface area contributed by atoms with Gasteiger partial charge < -0.3 is 14.6 Å². The number of aliphatic imine (C=N–C) groups is 1. The molecule has 1 saturated heterocycles. The first-order valence-corrected chi connectivity index (χ1v) is 7.56. The zero-order chi connectivity index (χ0) is 16.4. The van der Waals surface area contributed by atoms with Crippen LogP contribution in [0.15, 0.2) is 35.5 Å². The number of hydrogen-bond donors (Lipinski definition) is 1. The molecule has 0 bridgehead atoms. The maximum atomic E-state index is 6.07. The Morgan fingerprint density at radius 3 is 2.09 bits per heavy atom. The van der Waals surface area contributed by atoms with Crippen molar-refractivity contribution >= 4 is 24.4 Å². The molecule has 1 aromatic carbocycles. The van der Waals surface area contributed by atoms with E-state index in [1.807, 2.05) is 31.6 Å². The summed E-state index contributed by atoms with van der Waals surface area (Å²) in [6.07, 6.45) is 3.76. The van der Waals surface area contributed by atoms with Crippen LogP contribution in [0.2, 0.25) is 0 Å². The third kappa shape index (κ3) is 3.26. The summed E-state index contributed by atoms with van der Waals surface area (Å²) in [5.41, 5.74) is 2.52. The molecule has 1 heterocycles. The summed E-state index contributed by atoms with van der Waals surface area (Å²) in [5.74, 6) is 0. The fourth-order valence-electron chi connectivity index (χ4n) is 2.30. The van der Waals surface area contributed by atoms with E-state index < -0.39 is 0 Å². The van der Waals surface area contributed by atoms with Gasteiger partial charge in [0.05, 0.1) is 11.2 Å². The molecule has 118 valence electrons. The van der Waals surface area contributed by atoms with Gasteiger partial charge in [-0.05, 0) is 38.7 Å². The quantitative estimate of drug-likeness (QED) is 0.685. The van der Waals surface area contributed by atoms with E-state index in [0.717, 1.165) is 16.6 Å². The van der Waals surface area contributed by atoms with Crippen molar-refractivity contribution < 1.29 is 9.31 Å². The highest BCUT2D eigenvalue weighted by Gasteiger charge is 2.51. The molecule has 1 aliphatic heterocycles. The maximum Gasteiger partial charge on any atom is 0.494 e. The molecule has 0 amide bonds. The Kier molecular flexibility index (Phi) is 4.78. The topological polar surface area (TPSA) is 42.9 Å². The second-order valence-electron chi connectivity index (χ2n) is 6.49. The van der Waals surface area contributed by atoms with E-state index in [1.54, 1.807) is 7.05 Å². The van der Waals surface area contributed by atoms with Gasteiger partial charge in [0.15, 0.2) is 0 Å². The number of benzene rings is 1. The van der Waals surface area contributed by atoms with Crippen LogP contribution in [0.4, 0.5) is 0 Å². The molecule has 0 aromatic heterocycles. The van der Waals surface area contributed by atoms with Crippen molar-refractivity contribution in [3.05, 3.63) is 36.0 Å². The molecule has 2 rings (SSSR count). The van der Waals surface area contributed by atoms with Gasteiger partial charge in [0.2, 0.25) is 0 Å². The van der Waals surface area contributed by atoms with Crippen molar-refractivity contribution in [3.8, 4) is 0 Å². The average molecular weight is 300 g/mol. The van der Waals surface area contributed by atoms with Crippen molar-refractivity contribution in [1.29, 1.82) is 0 Å². The van der Waals surface area contributed by atoms with Gasteiger partial charge in [-0.25, -0.2) is 0 Å². The zero-order valence-electron chi connectivity index (χ0n) is 14.3. The molecule has 0 spiro atoms. The normalized spacial score (nSPS) is 20.6. The van der Waals surface area contributed by atoms with Gasteiger partial charge >= 0.3 is 7.12 Å². The molecular formula is C17H25BN2O2. The van der Waals surface area contributed by atoms with E-state index in [0.29, 0.717) is 0 Å². The van der Waals surface area contributed by atoms with Crippen LogP contribution >= 0.6 is 0 Å². The van der Waals surface area contributed by atoms with Crippen molar-refractivity contribution in [2.75, 3.05) is 14.1 Å². The summed E-state index contributed by atoms with van der Waals surface area (Å²) in [6.45, 7) is 8.25. The predicted octanol–water partition coefficient (Wildman–Crippen LogP) is 2.25. The molecule has 1 aromatic rings. The molecule has 1 aliphatic rings. The van der Waals surface area contributed by atoms with E-state index in [9.17, 15) is 0 Å². The number of nitrogens with one attached hydrogen (secondary N) is 1. The van der Waals surface area contributed by atoms with Crippen LogP contribution in [0.3, 0.4) is 0 Å². The second-order valence-corrected chi connectivity index (χ2v) is 6.49. The Labute approximate surface area is 133 Å². The zero-order valence-corrected chi connectivity index (χ0v) is 14.3. The van der Waals surface area contributed by atoms with Gasteiger partial charge in [-0.2, -0.15) is 0 Å². The minimum absolute atomic E-state index is 0.317. The summed E-state index contributed by atoms with van der Waals surface area (Å²) in [5, 5.41) is 3.04. The minimum Gasteiger partial charge on any atom is -0.399 e. The summed E-state index contributed by atoms with van der Waals surface area (Å²) in [6, 6.07) is 8.21. The van der Waals surface area contributed by atoms with E-state index in [-0.39, 0.29) is 18.3 Å². The molecule has 5 heteroatoms. The number of allylic oxidation sites excluding steroid dienone is 1. The summed E-state index contributed by atoms with van der Waals surface area (Å²) in [7, 11) is 3.32. The predicted molar refractivity (Wildman–Crippen MR) is 93.6 cm³/mol. The lowest BCUT2D eigenvalue weighted by atomic mass is 9.78. The van der Waals surface area contributed by atoms with Crippen molar-refractivity contribution in [2.24, 2.45) is 4.99 Å². The fraction of sp³-hybridized carbons (Fsp3) is 0.471. The lowest BCUT2D eigenvalue weighted by molar-refractivity contribution is 0.00578. The monoisotopic (exact) mass is 300 g/mol. The third-order valence-electron chi connectivity index (χ3n) is 4.34. The molecule has 0 saturated carbocycles. The van der Waals surface area contributed by atoms with Crippen molar-refractivity contribution in [2.45, 2.75) is 38.9 Å². The molecule has 0 atom stereocenters. The third-order valence-corrected chi connectivity index (χ3v) is 4.34. The lowest BCUT2D eigenvalue weighted by Crippen LogP contribution is -2.41. The summed E-state index contributed by atoms with van der Waals surface area (Å²) >= 11 is 0. The minimum atomic E-state index is -0.323. The molecule has 0 radical (unpaired) electrons. The first-order valence-electron chi connectivity index (χ1n) is 7.56. The van der Waals surface area contributed by atoms with Gasteiger partial charge in [-0.3, -0.25) is 4.99 Å². The van der Waals surface area contributed by atoms with Crippen LogP contribution in [0.25, 0.3) is 5.57 Å². The van der Waals surface area contributed by atoms with Gasteiger partial charge in [-0.15, -0.1) is 0 Å². The van der Waals surface area contributed by atoms with Crippen LogP contribution in [0.1, 0.15) is 33.3 Å². The van der Waals surface area contributed by atoms with Gasteiger partial charge in [0, 0.05) is 32.1 Å². The van der Waals surface area contributed by atoms with E-state index in [1.165, 1.54) is 0 Å². The maximum absolute atomic E-state index is 6.07. The highest BCUT2D eigenvalue weighted by Crippen LogP contribution is 2.36. The Balaban J connectivity index is 2.22. The largest absolute Gasteiger partial charge is 0.494 e. The highest BCUT2D eigenvalue weighted by molar-refractivity contribution is 6.62. The number of hydrogen-bond acceptors (Lipinski definition) is 4. The Morgan fingerprint density at radius 2 is 1.64 bits per heavy atom. The van der Waals surface area contributed by atoms with Crippen LogP contribution < -0.4 is 10.8 Å². The molecule has 0 aliphatic carbocycles. The molecular weight excluding hydrogens is 275 g/mol. The molecule has 1 N–H and O–H groups in total. The average Bonchev–Trinajstić information content (AvgIpc) is 2.67. The van der Waals surface area contributed by atoms with Crippen molar-refractivity contribution in [3.63, 3.8) is 0 Å². The van der Waals surface area contributed by atoms with E-state index in [4.69, 9.17) is 9.31 Å². The van der Waals surface area contributed by atoms with Crippen LogP contribution in [-0.4, -0.2) is 38.6 Å². The smallest absolute Gasteiger partial charge is 0.399 e. The number of nitrogens with zero attached hydrogens (tertiary/aromatic N) is 1. The summed E-state index contributed by atoms with van der Waals surface area (Å²) in [4.78, 5) is 4.09. The Hall–Kier alpha value is -1.59. The van der Waals surface area contributed by atoms with Crippen molar-refractivity contribution in [1.82, 2.24) is 5.32 Å². The van der Waals surface area contributed by atoms with E-state index in [2.05, 4.69) is 50.1 Å². The first kappa shape index (κ1) is 16.8. The molecule has 22 heavy (non-hydrogen) atoms. The SMILES string of the molecule is CN=C/C(=C\NC)c1ccc(B2OC(C)(C)C(C)(C)O2)cc1. The van der Waals surface area contributed by atoms with Gasteiger partial charge in [0.1, 0.15) is 0 Å². The second kappa shape index (κ2) is 6.27. The van der Waals surface area contributed by atoms with Crippen LogP contribution in [0, 0.1) is 0 Å². The van der Waals surface area contributed by atoms with Gasteiger partial charge in [0.25, 0.3) is 0 Å². The van der Waals surface area contributed by atoms with E-state index >= 15 is 0 Å². The standard InChI is InChI=1S/C17H25BN2O2/c1-16(2)17(3,4)22-18(21-16)15-9-7-13(8-10-15)14(11-19-5)12-20-6/h7-12,19H,1-6H3/b14-11+,20-12?. The fourth-order valence-corrected chi connectivity index (χ4v) is 2.30. The highest BCUT2D eigenvalue weighted by atomic mass is 16.7. The first-order chi connectivity index (χ1) is 10.3. The lowest BCUT2D eigenvalue weighted by Gasteiger charge is -2.32. The van der Waals surface area contributed by atoms with Gasteiger partial charge in [-0.1, -0.05) is 24.3 Å².